The molecule has 16 heavy (non-hydrogen) atoms. The van der Waals surface area contributed by atoms with Crippen molar-refractivity contribution in [1.82, 2.24) is 0 Å². The molecular weight excluding hydrogens is 226 g/mol. The maximum atomic E-state index is 11.5. The number of anilines is 2. The average molecular weight is 239 g/mol. The second-order valence-corrected chi connectivity index (χ2v) is 5.14. The van der Waals surface area contributed by atoms with Crippen molar-refractivity contribution in [3.63, 3.8) is 0 Å². The Labute approximate surface area is 94.9 Å². The number of hydrogen-bond acceptors (Lipinski definition) is 4. The third kappa shape index (κ3) is 2.87. The quantitative estimate of drug-likeness (QED) is 0.774. The smallest absolute Gasteiger partial charge is 0.232 e. The van der Waals surface area contributed by atoms with Crippen molar-refractivity contribution >= 4 is 21.4 Å². The summed E-state index contributed by atoms with van der Waals surface area (Å²) < 4.78 is 25.4. The van der Waals surface area contributed by atoms with Crippen LogP contribution in [0.3, 0.4) is 0 Å². The van der Waals surface area contributed by atoms with E-state index in [1.54, 1.807) is 19.1 Å². The van der Waals surface area contributed by atoms with E-state index in [-0.39, 0.29) is 22.7 Å². The van der Waals surface area contributed by atoms with Crippen LogP contribution in [0.5, 0.6) is 0 Å². The fourth-order valence-corrected chi connectivity index (χ4v) is 2.41. The lowest BCUT2D eigenvalue weighted by Gasteiger charge is -2.09. The molecule has 0 aliphatic carbocycles. The van der Waals surface area contributed by atoms with E-state index in [1.165, 1.54) is 6.07 Å². The van der Waals surface area contributed by atoms with E-state index in [2.05, 4.69) is 4.72 Å². The summed E-state index contributed by atoms with van der Waals surface area (Å²) in [6.07, 6.45) is 0.513. The Kier molecular flexibility index (Phi) is 3.74. The lowest BCUT2D eigenvalue weighted by molar-refractivity contribution is 0.600. The van der Waals surface area contributed by atoms with Gasteiger partial charge < -0.3 is 5.73 Å². The zero-order valence-electron chi connectivity index (χ0n) is 8.90. The SMILES string of the molecule is CCCS(=O)(=O)Nc1cccc(N)c1C#N. The van der Waals surface area contributed by atoms with Crippen molar-refractivity contribution in [3.05, 3.63) is 23.8 Å². The first-order valence-corrected chi connectivity index (χ1v) is 6.44. The van der Waals surface area contributed by atoms with Gasteiger partial charge in [0.2, 0.25) is 10.0 Å². The van der Waals surface area contributed by atoms with Crippen LogP contribution in [0, 0.1) is 11.3 Å². The van der Waals surface area contributed by atoms with Gasteiger partial charge in [-0.25, -0.2) is 8.42 Å². The molecular formula is C10H13N3O2S. The number of nitrogen functional groups attached to an aromatic ring is 1. The Morgan fingerprint density at radius 3 is 2.75 bits per heavy atom. The van der Waals surface area contributed by atoms with Crippen LogP contribution in [-0.2, 0) is 10.0 Å². The Bertz CT molecular complexity index is 517. The summed E-state index contributed by atoms with van der Waals surface area (Å²) in [5, 5.41) is 8.86. The van der Waals surface area contributed by atoms with Gasteiger partial charge in [-0.15, -0.1) is 0 Å². The molecule has 86 valence electrons. The first-order chi connectivity index (χ1) is 7.50. The van der Waals surface area contributed by atoms with Crippen LogP contribution in [0.15, 0.2) is 18.2 Å². The molecule has 0 amide bonds. The van der Waals surface area contributed by atoms with Gasteiger partial charge in [0.25, 0.3) is 0 Å². The van der Waals surface area contributed by atoms with Gasteiger partial charge in [0.15, 0.2) is 0 Å². The predicted octanol–water partition coefficient (Wildman–Crippen LogP) is 1.29. The molecule has 0 radical (unpaired) electrons. The lowest BCUT2D eigenvalue weighted by atomic mass is 10.1. The number of sulfonamides is 1. The van der Waals surface area contributed by atoms with Crippen molar-refractivity contribution in [2.45, 2.75) is 13.3 Å². The van der Waals surface area contributed by atoms with Gasteiger partial charge >= 0.3 is 0 Å². The molecule has 3 N–H and O–H groups in total. The highest BCUT2D eigenvalue weighted by molar-refractivity contribution is 7.92. The summed E-state index contributed by atoms with van der Waals surface area (Å²) in [6.45, 7) is 1.77. The van der Waals surface area contributed by atoms with Gasteiger partial charge in [-0.05, 0) is 18.6 Å². The summed E-state index contributed by atoms with van der Waals surface area (Å²) in [5.41, 5.74) is 6.22. The second-order valence-electron chi connectivity index (χ2n) is 3.30. The van der Waals surface area contributed by atoms with Crippen molar-refractivity contribution in [3.8, 4) is 6.07 Å². The molecule has 0 saturated heterocycles. The Morgan fingerprint density at radius 2 is 2.19 bits per heavy atom. The van der Waals surface area contributed by atoms with E-state index < -0.39 is 10.0 Å². The van der Waals surface area contributed by atoms with Gasteiger partial charge in [0.05, 0.1) is 22.7 Å². The number of nitrogens with two attached hydrogens (primary N) is 1. The topological polar surface area (TPSA) is 96.0 Å². The molecule has 0 fully saturated rings. The molecule has 0 aliphatic rings. The number of nitrogens with zero attached hydrogens (tertiary/aromatic N) is 1. The predicted molar refractivity (Wildman–Crippen MR) is 63.3 cm³/mol. The minimum Gasteiger partial charge on any atom is -0.398 e. The van der Waals surface area contributed by atoms with Crippen LogP contribution in [0.4, 0.5) is 11.4 Å². The molecule has 0 spiro atoms. The molecule has 0 heterocycles. The second kappa shape index (κ2) is 4.86. The number of hydrogen-bond donors (Lipinski definition) is 2. The number of rotatable bonds is 4. The van der Waals surface area contributed by atoms with Gasteiger partial charge in [-0.1, -0.05) is 13.0 Å². The van der Waals surface area contributed by atoms with Crippen LogP contribution in [0.25, 0.3) is 0 Å². The van der Waals surface area contributed by atoms with Crippen LogP contribution in [-0.4, -0.2) is 14.2 Å². The van der Waals surface area contributed by atoms with E-state index in [9.17, 15) is 8.42 Å². The van der Waals surface area contributed by atoms with E-state index >= 15 is 0 Å². The highest BCUT2D eigenvalue weighted by Crippen LogP contribution is 2.21. The molecule has 0 bridgehead atoms. The number of benzene rings is 1. The molecule has 5 nitrogen and oxygen atoms in total. The van der Waals surface area contributed by atoms with Crippen molar-refractivity contribution in [2.75, 3.05) is 16.2 Å². The maximum Gasteiger partial charge on any atom is 0.232 e. The molecule has 0 aromatic heterocycles. The zero-order chi connectivity index (χ0) is 12.2. The van der Waals surface area contributed by atoms with Crippen LogP contribution in [0.2, 0.25) is 0 Å². The third-order valence-corrected chi connectivity index (χ3v) is 3.42. The Balaban J connectivity index is 3.08. The minimum atomic E-state index is -3.39. The van der Waals surface area contributed by atoms with Crippen molar-refractivity contribution in [1.29, 1.82) is 5.26 Å². The van der Waals surface area contributed by atoms with E-state index in [1.807, 2.05) is 6.07 Å². The van der Waals surface area contributed by atoms with Crippen molar-refractivity contribution in [2.24, 2.45) is 0 Å². The molecule has 0 unspecified atom stereocenters. The van der Waals surface area contributed by atoms with Gasteiger partial charge in [0, 0.05) is 0 Å². The van der Waals surface area contributed by atoms with Crippen molar-refractivity contribution < 1.29 is 8.42 Å². The Morgan fingerprint density at radius 1 is 1.50 bits per heavy atom. The monoisotopic (exact) mass is 239 g/mol. The van der Waals surface area contributed by atoms with E-state index in [0.29, 0.717) is 6.42 Å². The number of nitriles is 1. The van der Waals surface area contributed by atoms with Crippen LogP contribution >= 0.6 is 0 Å². The van der Waals surface area contributed by atoms with E-state index in [4.69, 9.17) is 11.0 Å². The molecule has 0 atom stereocenters. The average Bonchev–Trinajstić information content (AvgIpc) is 2.17. The highest BCUT2D eigenvalue weighted by atomic mass is 32.2. The first-order valence-electron chi connectivity index (χ1n) is 4.79. The molecule has 1 rings (SSSR count). The summed E-state index contributed by atoms with van der Waals surface area (Å²) in [6, 6.07) is 6.54. The molecule has 0 saturated carbocycles. The Hall–Kier alpha value is -1.74. The molecule has 1 aromatic carbocycles. The van der Waals surface area contributed by atoms with E-state index in [0.717, 1.165) is 0 Å². The van der Waals surface area contributed by atoms with Crippen LogP contribution < -0.4 is 10.5 Å². The molecule has 6 heteroatoms. The fraction of sp³-hybridized carbons (Fsp3) is 0.300. The normalized spacial score (nSPS) is 10.8. The summed E-state index contributed by atoms with van der Waals surface area (Å²) in [4.78, 5) is 0. The molecule has 0 aliphatic heterocycles. The van der Waals surface area contributed by atoms with Gasteiger partial charge in [0.1, 0.15) is 6.07 Å². The van der Waals surface area contributed by atoms with Gasteiger partial charge in [-0.2, -0.15) is 5.26 Å². The fourth-order valence-electron chi connectivity index (χ4n) is 1.27. The summed E-state index contributed by atoms with van der Waals surface area (Å²) >= 11 is 0. The largest absolute Gasteiger partial charge is 0.398 e. The number of nitrogens with one attached hydrogen (secondary N) is 1. The van der Waals surface area contributed by atoms with Crippen LogP contribution in [0.1, 0.15) is 18.9 Å². The first kappa shape index (κ1) is 12.3. The third-order valence-electron chi connectivity index (χ3n) is 1.95. The zero-order valence-corrected chi connectivity index (χ0v) is 9.71. The minimum absolute atomic E-state index is 0.0205. The molecule has 1 aromatic rings. The summed E-state index contributed by atoms with van der Waals surface area (Å²) in [5.74, 6) is 0.0205. The van der Waals surface area contributed by atoms with Gasteiger partial charge in [-0.3, -0.25) is 4.72 Å². The summed E-state index contributed by atoms with van der Waals surface area (Å²) in [7, 11) is -3.39. The highest BCUT2D eigenvalue weighted by Gasteiger charge is 2.12. The lowest BCUT2D eigenvalue weighted by Crippen LogP contribution is -2.17. The standard InChI is InChI=1S/C10H13N3O2S/c1-2-6-16(14,15)13-10-5-3-4-9(12)8(10)7-11/h3-5,13H,2,6,12H2,1H3. The maximum absolute atomic E-state index is 11.5.